The molecule has 0 saturated heterocycles. The van der Waals surface area contributed by atoms with Crippen molar-refractivity contribution in [2.75, 3.05) is 12.0 Å². The Labute approximate surface area is 196 Å². The second-order valence-electron chi connectivity index (χ2n) is 7.30. The van der Waals surface area contributed by atoms with Crippen molar-refractivity contribution in [2.45, 2.75) is 32.6 Å². The zero-order valence-electron chi connectivity index (χ0n) is 18.0. The molecule has 1 heterocycles. The highest BCUT2D eigenvalue weighted by molar-refractivity contribution is 7.98. The van der Waals surface area contributed by atoms with Crippen LogP contribution in [-0.2, 0) is 22.7 Å². The third kappa shape index (κ3) is 6.41. The molecule has 2 aromatic carbocycles. The Morgan fingerprint density at radius 1 is 1.19 bits per heavy atom. The molecule has 1 aromatic heterocycles. The number of hydrogen-bond acceptors (Lipinski definition) is 6. The number of aromatic nitrogens is 1. The van der Waals surface area contributed by atoms with E-state index in [1.807, 2.05) is 49.6 Å². The van der Waals surface area contributed by atoms with Crippen molar-refractivity contribution in [1.29, 1.82) is 0 Å². The van der Waals surface area contributed by atoms with Crippen molar-refractivity contribution in [3.05, 3.63) is 75.7 Å². The maximum atomic E-state index is 13.1. The number of benzene rings is 2. The topological polar surface area (TPSA) is 88.5 Å². The molecule has 8 heteroatoms. The molecule has 3 rings (SSSR count). The first-order valence-electron chi connectivity index (χ1n) is 10.2. The summed E-state index contributed by atoms with van der Waals surface area (Å²) in [5, 5.41) is 12.2. The van der Waals surface area contributed by atoms with Crippen LogP contribution in [0.2, 0.25) is 0 Å². The summed E-state index contributed by atoms with van der Waals surface area (Å²) in [4.78, 5) is 29.8. The van der Waals surface area contributed by atoms with Crippen molar-refractivity contribution in [3.63, 3.8) is 0 Å². The third-order valence-electron chi connectivity index (χ3n) is 4.97. The van der Waals surface area contributed by atoms with Crippen LogP contribution >= 0.6 is 23.1 Å². The first kappa shape index (κ1) is 24.0. The molecule has 3 aromatic rings. The number of carbonyl (C=O) groups is 2. The molecule has 0 aliphatic heterocycles. The summed E-state index contributed by atoms with van der Waals surface area (Å²) in [7, 11) is 0. The lowest BCUT2D eigenvalue weighted by molar-refractivity contribution is -0.139. The summed E-state index contributed by atoms with van der Waals surface area (Å²) in [5.41, 5.74) is 5.86. The fourth-order valence-electron chi connectivity index (χ4n) is 3.29. The van der Waals surface area contributed by atoms with E-state index in [9.17, 15) is 14.7 Å². The molecule has 0 saturated carbocycles. The van der Waals surface area contributed by atoms with Gasteiger partial charge < -0.3 is 15.2 Å². The lowest BCUT2D eigenvalue weighted by Gasteiger charge is -2.17. The average Bonchev–Trinajstić information content (AvgIpc) is 3.30. The van der Waals surface area contributed by atoms with Gasteiger partial charge in [0.05, 0.1) is 23.6 Å². The predicted molar refractivity (Wildman–Crippen MR) is 129 cm³/mol. The lowest BCUT2D eigenvalue weighted by atomic mass is 9.93. The van der Waals surface area contributed by atoms with Crippen LogP contribution in [0.4, 0.5) is 0 Å². The van der Waals surface area contributed by atoms with Crippen molar-refractivity contribution in [2.24, 2.45) is 0 Å². The predicted octanol–water partition coefficient (Wildman–Crippen LogP) is 4.77. The highest BCUT2D eigenvalue weighted by Crippen LogP contribution is 2.29. The van der Waals surface area contributed by atoms with E-state index in [4.69, 9.17) is 4.74 Å². The molecule has 1 amide bonds. The number of amides is 1. The van der Waals surface area contributed by atoms with Crippen LogP contribution in [0.15, 0.2) is 54.2 Å². The van der Waals surface area contributed by atoms with Gasteiger partial charge in [-0.2, -0.15) is 11.8 Å². The normalized spacial score (nSPS) is 11.8. The smallest absolute Gasteiger partial charge is 0.326 e. The van der Waals surface area contributed by atoms with Gasteiger partial charge in [0.15, 0.2) is 0 Å². The lowest BCUT2D eigenvalue weighted by Crippen LogP contribution is -2.41. The first-order valence-corrected chi connectivity index (χ1v) is 12.4. The summed E-state index contributed by atoms with van der Waals surface area (Å²) >= 11 is 3.09. The molecule has 0 spiro atoms. The summed E-state index contributed by atoms with van der Waals surface area (Å²) in [6, 6.07) is 12.4. The van der Waals surface area contributed by atoms with Crippen LogP contribution in [0, 0.1) is 6.92 Å². The highest BCUT2D eigenvalue weighted by Gasteiger charge is 2.22. The fraction of sp³-hybridized carbons (Fsp3) is 0.292. The van der Waals surface area contributed by atoms with E-state index in [-0.39, 0.29) is 0 Å². The van der Waals surface area contributed by atoms with Crippen molar-refractivity contribution in [1.82, 2.24) is 10.3 Å². The molecule has 0 fully saturated rings. The maximum Gasteiger partial charge on any atom is 0.326 e. The fourth-order valence-corrected chi connectivity index (χ4v) is 4.29. The summed E-state index contributed by atoms with van der Waals surface area (Å²) in [6.45, 7) is 2.86. The minimum absolute atomic E-state index is 0.367. The average molecular weight is 471 g/mol. The van der Waals surface area contributed by atoms with Gasteiger partial charge in [0, 0.05) is 11.8 Å². The number of carbonyl (C=O) groups excluding carboxylic acids is 1. The number of nitrogens with zero attached hydrogens (tertiary/aromatic N) is 1. The molecule has 32 heavy (non-hydrogen) atoms. The van der Waals surface area contributed by atoms with Crippen LogP contribution in [0.1, 0.15) is 32.8 Å². The van der Waals surface area contributed by atoms with E-state index in [1.54, 1.807) is 40.9 Å². The standard InChI is InChI=1S/C24H26N2O4S2/c1-16-5-3-4-6-19(16)21-11-17(13-30-14-18-12-25-15-32-18)7-8-20(21)23(27)26-22(24(28)29)9-10-31-2/h3-8,11-12,15,22H,9-10,13-14H2,1-2H3,(H,26,27)(H,28,29). The molecule has 6 nitrogen and oxygen atoms in total. The molecule has 2 N–H and O–H groups in total. The molecule has 0 bridgehead atoms. The van der Waals surface area contributed by atoms with Gasteiger partial charge in [0.1, 0.15) is 6.04 Å². The number of carboxylic acids is 1. The Bertz CT molecular complexity index is 1050. The first-order chi connectivity index (χ1) is 15.5. The Balaban J connectivity index is 1.86. The number of ether oxygens (including phenoxy) is 1. The zero-order chi connectivity index (χ0) is 22.9. The molecule has 1 atom stereocenters. The van der Waals surface area contributed by atoms with Gasteiger partial charge >= 0.3 is 5.97 Å². The van der Waals surface area contributed by atoms with E-state index in [1.165, 1.54) is 0 Å². The summed E-state index contributed by atoms with van der Waals surface area (Å²) < 4.78 is 5.82. The summed E-state index contributed by atoms with van der Waals surface area (Å²) in [6.07, 6.45) is 4.06. The van der Waals surface area contributed by atoms with Crippen LogP contribution in [0.3, 0.4) is 0 Å². The second kappa shape index (κ2) is 11.8. The zero-order valence-corrected chi connectivity index (χ0v) is 19.7. The van der Waals surface area contributed by atoms with Gasteiger partial charge in [0.2, 0.25) is 0 Å². The molecule has 1 unspecified atom stereocenters. The molecule has 0 radical (unpaired) electrons. The van der Waals surface area contributed by atoms with Gasteiger partial charge in [0.25, 0.3) is 5.91 Å². The van der Waals surface area contributed by atoms with Gasteiger partial charge in [-0.3, -0.25) is 9.78 Å². The Kier molecular flexibility index (Phi) is 8.84. The SMILES string of the molecule is CSCCC(NC(=O)c1ccc(COCc2cncs2)cc1-c1ccccc1C)C(=O)O. The van der Waals surface area contributed by atoms with Crippen LogP contribution in [-0.4, -0.2) is 40.0 Å². The minimum atomic E-state index is -1.03. The number of aryl methyl sites for hydroxylation is 1. The van der Waals surface area contributed by atoms with E-state index in [0.29, 0.717) is 31.0 Å². The van der Waals surface area contributed by atoms with Crippen molar-refractivity contribution >= 4 is 35.0 Å². The van der Waals surface area contributed by atoms with Gasteiger partial charge in [-0.05, 0) is 59.7 Å². The number of nitrogens with one attached hydrogen (secondary N) is 1. The van der Waals surface area contributed by atoms with Gasteiger partial charge in [-0.1, -0.05) is 30.3 Å². The molecular weight excluding hydrogens is 444 g/mol. The number of carboxylic acid groups (broad SMARTS) is 1. The molecule has 168 valence electrons. The Morgan fingerprint density at radius 3 is 2.69 bits per heavy atom. The van der Waals surface area contributed by atoms with Gasteiger partial charge in [-0.15, -0.1) is 11.3 Å². The van der Waals surface area contributed by atoms with E-state index >= 15 is 0 Å². The van der Waals surface area contributed by atoms with E-state index < -0.39 is 17.9 Å². The van der Waals surface area contributed by atoms with E-state index in [0.717, 1.165) is 27.1 Å². The monoisotopic (exact) mass is 470 g/mol. The van der Waals surface area contributed by atoms with Crippen molar-refractivity contribution in [3.8, 4) is 11.1 Å². The van der Waals surface area contributed by atoms with Gasteiger partial charge in [-0.25, -0.2) is 4.79 Å². The van der Waals surface area contributed by atoms with Crippen LogP contribution in [0.25, 0.3) is 11.1 Å². The van der Waals surface area contributed by atoms with Crippen LogP contribution in [0.5, 0.6) is 0 Å². The Hall–Kier alpha value is -2.68. The number of thiazole rings is 1. The number of rotatable bonds is 11. The number of hydrogen-bond donors (Lipinski definition) is 2. The molecule has 0 aliphatic carbocycles. The van der Waals surface area contributed by atoms with Crippen LogP contribution < -0.4 is 5.32 Å². The largest absolute Gasteiger partial charge is 0.480 e. The third-order valence-corrected chi connectivity index (χ3v) is 6.37. The maximum absolute atomic E-state index is 13.1. The summed E-state index contributed by atoms with van der Waals surface area (Å²) in [5.74, 6) is -0.774. The number of thioether (sulfide) groups is 1. The van der Waals surface area contributed by atoms with E-state index in [2.05, 4.69) is 10.3 Å². The second-order valence-corrected chi connectivity index (χ2v) is 9.26. The molecule has 0 aliphatic rings. The quantitative estimate of drug-likeness (QED) is 0.420. The molecular formula is C24H26N2O4S2. The minimum Gasteiger partial charge on any atom is -0.480 e. The van der Waals surface area contributed by atoms with Crippen molar-refractivity contribution < 1.29 is 19.4 Å². The number of aliphatic carboxylic acids is 1. The highest BCUT2D eigenvalue weighted by atomic mass is 32.2. The Morgan fingerprint density at radius 2 is 2.00 bits per heavy atom.